The van der Waals surface area contributed by atoms with Crippen LogP contribution in [0.15, 0.2) is 41.5 Å². The van der Waals surface area contributed by atoms with E-state index in [9.17, 15) is 10.2 Å². The highest BCUT2D eigenvalue weighted by atomic mass is 35.5. The summed E-state index contributed by atoms with van der Waals surface area (Å²) in [6.45, 7) is 4.41. The van der Waals surface area contributed by atoms with E-state index in [-0.39, 0.29) is 21.5 Å². The molecule has 0 radical (unpaired) electrons. The van der Waals surface area contributed by atoms with Crippen LogP contribution in [0.2, 0.25) is 10.0 Å². The molecule has 1 aromatic heterocycles. The predicted octanol–water partition coefficient (Wildman–Crippen LogP) is 5.82. The summed E-state index contributed by atoms with van der Waals surface area (Å²) in [5.74, 6) is 1.93. The number of hydrogen-bond acceptors (Lipinski definition) is 8. The number of nitrogens with one attached hydrogen (secondary N) is 1. The van der Waals surface area contributed by atoms with Gasteiger partial charge in [0, 0.05) is 17.0 Å². The Bertz CT molecular complexity index is 1400. The zero-order valence-electron chi connectivity index (χ0n) is 20.4. The van der Waals surface area contributed by atoms with Crippen molar-refractivity contribution in [1.82, 2.24) is 10.3 Å². The highest BCUT2D eigenvalue weighted by Gasteiger charge is 2.29. The lowest BCUT2D eigenvalue weighted by molar-refractivity contribution is 0.0631. The Labute approximate surface area is 225 Å². The number of ether oxygens (including phenoxy) is 1. The monoisotopic (exact) mass is 539 g/mol. The summed E-state index contributed by atoms with van der Waals surface area (Å²) in [6, 6.07) is 12.7. The molecule has 0 saturated heterocycles. The number of anilines is 1. The first-order valence-corrected chi connectivity index (χ1v) is 13.0. The van der Waals surface area contributed by atoms with Crippen LogP contribution in [0, 0.1) is 24.2 Å². The lowest BCUT2D eigenvalue weighted by Crippen LogP contribution is -2.55. The van der Waals surface area contributed by atoms with Gasteiger partial charge >= 0.3 is 0 Å². The fraction of sp³-hybridized carbons (Fsp3) is 0.370. The third-order valence-electron chi connectivity index (χ3n) is 7.09. The van der Waals surface area contributed by atoms with Crippen LogP contribution in [0.25, 0.3) is 10.9 Å². The minimum atomic E-state index is -1.39. The summed E-state index contributed by atoms with van der Waals surface area (Å²) >= 11 is 13.0. The summed E-state index contributed by atoms with van der Waals surface area (Å²) in [5, 5.41) is 38.1. The minimum absolute atomic E-state index is 0.186. The number of pyridine rings is 1. The number of aryl methyl sites for hydroxylation is 1. The Kier molecular flexibility index (Phi) is 7.26. The van der Waals surface area contributed by atoms with Crippen LogP contribution in [0.3, 0.4) is 0 Å². The maximum absolute atomic E-state index is 10.3. The van der Waals surface area contributed by atoms with Crippen LogP contribution < -0.4 is 15.1 Å². The van der Waals surface area contributed by atoms with Gasteiger partial charge in [-0.3, -0.25) is 4.98 Å². The van der Waals surface area contributed by atoms with E-state index in [0.717, 1.165) is 27.2 Å². The van der Waals surface area contributed by atoms with Crippen LogP contribution in [0.1, 0.15) is 49.8 Å². The van der Waals surface area contributed by atoms with E-state index < -0.39 is 12.6 Å². The molecule has 1 aliphatic carbocycles. The number of aromatic nitrogens is 1. The first-order valence-electron chi connectivity index (χ1n) is 12.2. The summed E-state index contributed by atoms with van der Waals surface area (Å²) < 4.78 is 6.08. The number of benzene rings is 2. The molecule has 0 amide bonds. The van der Waals surface area contributed by atoms with Gasteiger partial charge in [0.25, 0.3) is 0 Å². The fourth-order valence-electron chi connectivity index (χ4n) is 5.10. The molecule has 0 bridgehead atoms. The molecule has 4 atom stereocenters. The molecule has 5 rings (SSSR count). The number of halogens is 2. The van der Waals surface area contributed by atoms with Gasteiger partial charge in [0.05, 0.1) is 21.2 Å². The van der Waals surface area contributed by atoms with Crippen molar-refractivity contribution in [2.45, 2.75) is 58.0 Å². The molecule has 10 heteroatoms. The molecule has 1 fully saturated rings. The number of aliphatic hydroxyl groups excluding tert-OH is 2. The van der Waals surface area contributed by atoms with Crippen molar-refractivity contribution in [3.63, 3.8) is 0 Å². The van der Waals surface area contributed by atoms with E-state index in [2.05, 4.69) is 30.3 Å². The zero-order valence-corrected chi connectivity index (χ0v) is 22.0. The van der Waals surface area contributed by atoms with Gasteiger partial charge in [-0.15, -0.1) is 0 Å². The standard InChI is InChI=1S/C27H27Cl2N5O3/c1-14-5-3-4-6-18(14)23-9-15(2)19-12-17(7-8-22(19)31-23)37-25-20(28)10-16(11-21(25)29)34-27(36)32-26(35)24(13-30)33-34/h7-12,14,18,26-27,32,35-36H,3-6H2,1-2H3. The third kappa shape index (κ3) is 5.11. The molecule has 37 heavy (non-hydrogen) atoms. The average Bonchev–Trinajstić information content (AvgIpc) is 2.86. The van der Waals surface area contributed by atoms with Crippen LogP contribution in [0.5, 0.6) is 11.5 Å². The number of nitrogens with zero attached hydrogens (tertiary/aromatic N) is 4. The second-order valence-electron chi connectivity index (χ2n) is 9.64. The summed E-state index contributed by atoms with van der Waals surface area (Å²) in [6.07, 6.45) is 2.21. The van der Waals surface area contributed by atoms with E-state index in [0.29, 0.717) is 23.3 Å². The molecule has 1 saturated carbocycles. The number of fused-ring (bicyclic) bond motifs is 1. The lowest BCUT2D eigenvalue weighted by Gasteiger charge is -2.32. The molecule has 8 nitrogen and oxygen atoms in total. The highest BCUT2D eigenvalue weighted by molar-refractivity contribution is 6.37. The molecule has 4 unspecified atom stereocenters. The van der Waals surface area contributed by atoms with Crippen LogP contribution in [0.4, 0.5) is 5.69 Å². The van der Waals surface area contributed by atoms with Gasteiger partial charge in [-0.1, -0.05) is 49.4 Å². The quantitative estimate of drug-likeness (QED) is 0.382. The van der Waals surface area contributed by atoms with Crippen molar-refractivity contribution < 1.29 is 14.9 Å². The Morgan fingerprint density at radius 1 is 1.11 bits per heavy atom. The second-order valence-corrected chi connectivity index (χ2v) is 10.5. The molecule has 3 aromatic rings. The van der Waals surface area contributed by atoms with Crippen molar-refractivity contribution in [1.29, 1.82) is 5.26 Å². The molecule has 0 spiro atoms. The zero-order chi connectivity index (χ0) is 26.3. The predicted molar refractivity (Wildman–Crippen MR) is 144 cm³/mol. The van der Waals surface area contributed by atoms with Crippen molar-refractivity contribution >= 4 is 45.5 Å². The molecular weight excluding hydrogens is 513 g/mol. The summed E-state index contributed by atoms with van der Waals surface area (Å²) in [5.41, 5.74) is 3.32. The smallest absolute Gasteiger partial charge is 0.206 e. The first kappa shape index (κ1) is 25.7. The van der Waals surface area contributed by atoms with Crippen molar-refractivity contribution in [2.75, 3.05) is 5.01 Å². The summed E-state index contributed by atoms with van der Waals surface area (Å²) in [7, 11) is 0. The Balaban J connectivity index is 1.43. The highest BCUT2D eigenvalue weighted by Crippen LogP contribution is 2.42. The van der Waals surface area contributed by atoms with Crippen molar-refractivity contribution in [3.8, 4) is 17.6 Å². The molecule has 2 heterocycles. The molecule has 3 N–H and O–H groups in total. The molecule has 2 aromatic carbocycles. The molecule has 1 aliphatic heterocycles. The summed E-state index contributed by atoms with van der Waals surface area (Å²) in [4.78, 5) is 4.99. The number of nitriles is 1. The van der Waals surface area contributed by atoms with Gasteiger partial charge in [0.2, 0.25) is 6.35 Å². The van der Waals surface area contributed by atoms with Crippen LogP contribution in [-0.2, 0) is 0 Å². The Morgan fingerprint density at radius 2 is 1.84 bits per heavy atom. The van der Waals surface area contributed by atoms with Gasteiger partial charge in [0.15, 0.2) is 17.7 Å². The maximum atomic E-state index is 10.3. The minimum Gasteiger partial charge on any atom is -0.454 e. The largest absolute Gasteiger partial charge is 0.454 e. The van der Waals surface area contributed by atoms with Crippen molar-refractivity contribution in [2.24, 2.45) is 11.0 Å². The third-order valence-corrected chi connectivity index (χ3v) is 7.65. The van der Waals surface area contributed by atoms with Gasteiger partial charge in [-0.2, -0.15) is 10.4 Å². The van der Waals surface area contributed by atoms with Gasteiger partial charge in [-0.05, 0) is 61.2 Å². The number of hydrazone groups is 1. The van der Waals surface area contributed by atoms with E-state index in [1.165, 1.54) is 37.8 Å². The van der Waals surface area contributed by atoms with E-state index in [1.54, 1.807) is 6.07 Å². The Morgan fingerprint density at radius 3 is 2.54 bits per heavy atom. The van der Waals surface area contributed by atoms with Crippen molar-refractivity contribution in [3.05, 3.63) is 57.7 Å². The number of aliphatic hydroxyl groups is 2. The number of rotatable bonds is 4. The molecule has 2 aliphatic rings. The van der Waals surface area contributed by atoms with E-state index in [4.69, 9.17) is 38.2 Å². The van der Waals surface area contributed by atoms with E-state index >= 15 is 0 Å². The van der Waals surface area contributed by atoms with Crippen LogP contribution in [-0.4, -0.2) is 33.5 Å². The Hall–Kier alpha value is -2.93. The fourth-order valence-corrected chi connectivity index (χ4v) is 5.65. The van der Waals surface area contributed by atoms with Gasteiger partial charge < -0.3 is 14.9 Å². The SMILES string of the molecule is Cc1cc(C2CCCCC2C)nc2ccc(Oc3c(Cl)cc(N4N=C(C#N)C(O)NC4O)cc3Cl)cc12. The average molecular weight is 540 g/mol. The van der Waals surface area contributed by atoms with Gasteiger partial charge in [-0.25, -0.2) is 10.3 Å². The molecule has 192 valence electrons. The normalized spacial score (nSPS) is 24.0. The second kappa shape index (κ2) is 10.4. The van der Waals surface area contributed by atoms with E-state index in [1.807, 2.05) is 18.2 Å². The van der Waals surface area contributed by atoms with Gasteiger partial charge in [0.1, 0.15) is 11.8 Å². The topological polar surface area (TPSA) is 114 Å². The first-order chi connectivity index (χ1) is 17.7. The number of hydrogen-bond donors (Lipinski definition) is 3. The van der Waals surface area contributed by atoms with Crippen LogP contribution >= 0.6 is 23.2 Å². The lowest BCUT2D eigenvalue weighted by atomic mass is 9.78. The maximum Gasteiger partial charge on any atom is 0.206 e. The molecular formula is C27H27Cl2N5O3.